The predicted octanol–water partition coefficient (Wildman–Crippen LogP) is 1.68. The molecule has 118 valence electrons. The number of hydrogen-bond donors (Lipinski definition) is 2. The molecule has 0 unspecified atom stereocenters. The summed E-state index contributed by atoms with van der Waals surface area (Å²) < 4.78 is 5.31. The Labute approximate surface area is 131 Å². The second kappa shape index (κ2) is 7.55. The van der Waals surface area contributed by atoms with Crippen molar-refractivity contribution in [2.24, 2.45) is 10.8 Å². The topological polar surface area (TPSA) is 120 Å². The number of amidine groups is 1. The second-order valence-corrected chi connectivity index (χ2v) is 4.45. The molecule has 0 atom stereocenters. The quantitative estimate of drug-likeness (QED) is 0.364. The molecule has 8 heteroatoms. The Bertz CT molecular complexity index is 714. The molecule has 0 radical (unpaired) electrons. The van der Waals surface area contributed by atoms with Crippen LogP contribution in [0.1, 0.15) is 10.4 Å². The molecule has 0 spiro atoms. The maximum atomic E-state index is 11.7. The maximum Gasteiger partial charge on any atom is 0.271 e. The summed E-state index contributed by atoms with van der Waals surface area (Å²) in [6.07, 6.45) is 0. The summed E-state index contributed by atoms with van der Waals surface area (Å²) in [5, 5.41) is 14.3. The minimum absolute atomic E-state index is 0.0332. The van der Waals surface area contributed by atoms with Gasteiger partial charge >= 0.3 is 0 Å². The Balaban J connectivity index is 1.85. The fourth-order valence-electron chi connectivity index (χ4n) is 1.63. The van der Waals surface area contributed by atoms with Gasteiger partial charge in [-0.25, -0.2) is 5.43 Å². The van der Waals surface area contributed by atoms with E-state index in [0.29, 0.717) is 11.3 Å². The molecule has 1 amide bonds. The highest BCUT2D eigenvalue weighted by molar-refractivity contribution is 5.95. The van der Waals surface area contributed by atoms with E-state index in [9.17, 15) is 14.9 Å². The zero-order valence-electron chi connectivity index (χ0n) is 12.0. The standard InChI is InChI=1S/C15H14N4O4/c16-14(17-18-15(20)11-4-2-1-3-5-11)10-23-13-8-6-12(7-9-13)19(21)22/h1-9H,10H2,(H2,16,17)(H,18,20). The number of rotatable bonds is 6. The summed E-state index contributed by atoms with van der Waals surface area (Å²) in [6, 6.07) is 14.1. The van der Waals surface area contributed by atoms with Gasteiger partial charge in [0.2, 0.25) is 0 Å². The normalized spacial score (nSPS) is 10.9. The number of ether oxygens (including phenoxy) is 1. The molecule has 0 fully saturated rings. The van der Waals surface area contributed by atoms with E-state index in [1.807, 2.05) is 0 Å². The maximum absolute atomic E-state index is 11.7. The van der Waals surface area contributed by atoms with Crippen LogP contribution in [0.25, 0.3) is 0 Å². The van der Waals surface area contributed by atoms with Crippen molar-refractivity contribution in [1.82, 2.24) is 5.43 Å². The summed E-state index contributed by atoms with van der Waals surface area (Å²) in [6.45, 7) is -0.0626. The zero-order chi connectivity index (χ0) is 16.7. The van der Waals surface area contributed by atoms with Crippen molar-refractivity contribution in [3.63, 3.8) is 0 Å². The van der Waals surface area contributed by atoms with Gasteiger partial charge in [-0.1, -0.05) is 18.2 Å². The molecule has 2 aromatic rings. The van der Waals surface area contributed by atoms with E-state index in [1.54, 1.807) is 30.3 Å². The number of carbonyl (C=O) groups excluding carboxylic acids is 1. The molecule has 0 aliphatic rings. The first-order valence-electron chi connectivity index (χ1n) is 6.61. The van der Waals surface area contributed by atoms with E-state index in [2.05, 4.69) is 10.5 Å². The first-order valence-corrected chi connectivity index (χ1v) is 6.61. The number of carbonyl (C=O) groups is 1. The van der Waals surface area contributed by atoms with Crippen LogP contribution in [0.15, 0.2) is 59.7 Å². The van der Waals surface area contributed by atoms with Gasteiger partial charge in [-0.2, -0.15) is 5.10 Å². The van der Waals surface area contributed by atoms with Gasteiger partial charge in [-0.3, -0.25) is 14.9 Å². The molecule has 8 nitrogen and oxygen atoms in total. The van der Waals surface area contributed by atoms with Gasteiger partial charge in [0.05, 0.1) is 4.92 Å². The van der Waals surface area contributed by atoms with Gasteiger partial charge in [0, 0.05) is 17.7 Å². The van der Waals surface area contributed by atoms with Crippen LogP contribution in [-0.4, -0.2) is 23.3 Å². The molecule has 0 saturated carbocycles. The van der Waals surface area contributed by atoms with Crippen LogP contribution in [0.3, 0.4) is 0 Å². The molecule has 23 heavy (non-hydrogen) atoms. The Hall–Kier alpha value is -3.42. The molecule has 2 rings (SSSR count). The van der Waals surface area contributed by atoms with Crippen LogP contribution in [0, 0.1) is 10.1 Å². The smallest absolute Gasteiger partial charge is 0.271 e. The fourth-order valence-corrected chi connectivity index (χ4v) is 1.63. The van der Waals surface area contributed by atoms with Crippen molar-refractivity contribution in [2.75, 3.05) is 6.61 Å². The van der Waals surface area contributed by atoms with Gasteiger partial charge in [-0.15, -0.1) is 0 Å². The first-order chi connectivity index (χ1) is 11.1. The van der Waals surface area contributed by atoms with Gasteiger partial charge < -0.3 is 10.5 Å². The highest BCUT2D eigenvalue weighted by atomic mass is 16.6. The van der Waals surface area contributed by atoms with Crippen molar-refractivity contribution in [3.8, 4) is 5.75 Å². The van der Waals surface area contributed by atoms with E-state index < -0.39 is 4.92 Å². The lowest BCUT2D eigenvalue weighted by molar-refractivity contribution is -0.384. The van der Waals surface area contributed by atoms with Crippen LogP contribution in [0.2, 0.25) is 0 Å². The molecule has 0 heterocycles. The third-order valence-corrected chi connectivity index (χ3v) is 2.77. The molecule has 3 N–H and O–H groups in total. The van der Waals surface area contributed by atoms with E-state index in [-0.39, 0.29) is 24.0 Å². The summed E-state index contributed by atoms with van der Waals surface area (Å²) in [5.74, 6) is 0.0830. The molecular formula is C15H14N4O4. The van der Waals surface area contributed by atoms with Gasteiger partial charge in [0.15, 0.2) is 5.84 Å². The van der Waals surface area contributed by atoms with Gasteiger partial charge in [0.1, 0.15) is 12.4 Å². The van der Waals surface area contributed by atoms with E-state index in [4.69, 9.17) is 10.5 Å². The van der Waals surface area contributed by atoms with Crippen molar-refractivity contribution in [3.05, 3.63) is 70.3 Å². The Kier molecular flexibility index (Phi) is 5.24. The summed E-state index contributed by atoms with van der Waals surface area (Å²) in [4.78, 5) is 21.8. The molecule has 0 bridgehead atoms. The number of nitrogens with one attached hydrogen (secondary N) is 1. The lowest BCUT2D eigenvalue weighted by atomic mass is 10.2. The average molecular weight is 314 g/mol. The van der Waals surface area contributed by atoms with Crippen LogP contribution in [-0.2, 0) is 0 Å². The summed E-state index contributed by atoms with van der Waals surface area (Å²) >= 11 is 0. The average Bonchev–Trinajstić information content (AvgIpc) is 2.59. The number of amides is 1. The molecule has 0 aliphatic heterocycles. The van der Waals surface area contributed by atoms with E-state index in [1.165, 1.54) is 24.3 Å². The first kappa shape index (κ1) is 16.0. The number of benzene rings is 2. The second-order valence-electron chi connectivity index (χ2n) is 4.45. The molecule has 2 aromatic carbocycles. The van der Waals surface area contributed by atoms with Crippen molar-refractivity contribution in [2.45, 2.75) is 0 Å². The minimum Gasteiger partial charge on any atom is -0.486 e. The van der Waals surface area contributed by atoms with Crippen LogP contribution in [0.4, 0.5) is 5.69 Å². The number of nitro benzene ring substituents is 1. The van der Waals surface area contributed by atoms with Crippen molar-refractivity contribution in [1.29, 1.82) is 0 Å². The number of non-ortho nitro benzene ring substituents is 1. The fraction of sp³-hybridized carbons (Fsp3) is 0.0667. The zero-order valence-corrected chi connectivity index (χ0v) is 12.0. The number of nitrogens with two attached hydrogens (primary N) is 1. The largest absolute Gasteiger partial charge is 0.486 e. The predicted molar refractivity (Wildman–Crippen MR) is 84.1 cm³/mol. The Morgan fingerprint density at radius 1 is 1.17 bits per heavy atom. The molecule has 0 aromatic heterocycles. The summed E-state index contributed by atoms with van der Waals surface area (Å²) in [5.41, 5.74) is 8.37. The number of hydrogen-bond acceptors (Lipinski definition) is 5. The number of nitrogens with zero attached hydrogens (tertiary/aromatic N) is 2. The molecular weight excluding hydrogens is 300 g/mol. The third kappa shape index (κ3) is 4.81. The number of nitro groups is 1. The highest BCUT2D eigenvalue weighted by Crippen LogP contribution is 2.16. The van der Waals surface area contributed by atoms with E-state index in [0.717, 1.165) is 0 Å². The summed E-state index contributed by atoms with van der Waals surface area (Å²) in [7, 11) is 0. The minimum atomic E-state index is -0.501. The lowest BCUT2D eigenvalue weighted by Gasteiger charge is -2.06. The Morgan fingerprint density at radius 3 is 2.43 bits per heavy atom. The van der Waals surface area contributed by atoms with Crippen LogP contribution >= 0.6 is 0 Å². The van der Waals surface area contributed by atoms with Crippen LogP contribution < -0.4 is 15.9 Å². The van der Waals surface area contributed by atoms with Gasteiger partial charge in [-0.05, 0) is 24.3 Å². The van der Waals surface area contributed by atoms with Gasteiger partial charge in [0.25, 0.3) is 11.6 Å². The third-order valence-electron chi connectivity index (χ3n) is 2.77. The Morgan fingerprint density at radius 2 is 1.83 bits per heavy atom. The van der Waals surface area contributed by atoms with E-state index >= 15 is 0 Å². The SMILES string of the molecule is N/C(COc1ccc([N+](=O)[O-])cc1)=N\NC(=O)c1ccccc1. The van der Waals surface area contributed by atoms with Crippen molar-refractivity contribution < 1.29 is 14.5 Å². The molecule has 0 saturated heterocycles. The number of hydrazone groups is 1. The highest BCUT2D eigenvalue weighted by Gasteiger charge is 2.06. The van der Waals surface area contributed by atoms with Crippen LogP contribution in [0.5, 0.6) is 5.75 Å². The van der Waals surface area contributed by atoms with Crippen molar-refractivity contribution >= 4 is 17.4 Å². The monoisotopic (exact) mass is 314 g/mol. The lowest BCUT2D eigenvalue weighted by Crippen LogP contribution is -2.27. The molecule has 0 aliphatic carbocycles.